The summed E-state index contributed by atoms with van der Waals surface area (Å²) in [5.74, 6) is 0.0620. The Hall–Kier alpha value is -5.38. The number of nitrogens with one attached hydrogen (secondary N) is 2. The van der Waals surface area contributed by atoms with Gasteiger partial charge in [-0.05, 0) is 120 Å². The quantitative estimate of drug-likeness (QED) is 0.187. The number of fused-ring (bicyclic) bond motifs is 2. The van der Waals surface area contributed by atoms with E-state index in [9.17, 15) is 28.8 Å². The summed E-state index contributed by atoms with van der Waals surface area (Å²) in [6.07, 6.45) is 6.70. The number of aromatic amines is 1. The van der Waals surface area contributed by atoms with E-state index in [1.807, 2.05) is 47.1 Å². The molecule has 0 unspecified atom stereocenters. The summed E-state index contributed by atoms with van der Waals surface area (Å²) in [5, 5.41) is 3.03. The van der Waals surface area contributed by atoms with Gasteiger partial charge in [0.05, 0.1) is 18.0 Å². The van der Waals surface area contributed by atoms with Crippen LogP contribution >= 0.6 is 0 Å². The zero-order chi connectivity index (χ0) is 43.8. The lowest BCUT2D eigenvalue weighted by Gasteiger charge is -2.38. The highest BCUT2D eigenvalue weighted by Crippen LogP contribution is 2.27. The number of para-hydroxylation sites is 1. The van der Waals surface area contributed by atoms with Crippen LogP contribution in [0.4, 0.5) is 15.3 Å². The number of rotatable bonds is 10. The predicted molar refractivity (Wildman–Crippen MR) is 239 cm³/mol. The molecule has 2 N–H and O–H groups in total. The lowest BCUT2D eigenvalue weighted by atomic mass is 9.97. The van der Waals surface area contributed by atoms with Crippen molar-refractivity contribution in [2.24, 2.45) is 11.8 Å². The smallest absolute Gasteiger partial charge is 0.417 e. The number of ether oxygens (including phenoxy) is 2. The lowest BCUT2D eigenvalue weighted by Crippen LogP contribution is -2.51. The number of H-pyrrole nitrogens is 1. The Balaban J connectivity index is 0.000000277. The van der Waals surface area contributed by atoms with Crippen LogP contribution in [0.5, 0.6) is 0 Å². The van der Waals surface area contributed by atoms with Crippen LogP contribution in [0.1, 0.15) is 88.8 Å². The third-order valence-corrected chi connectivity index (χ3v) is 13.2. The van der Waals surface area contributed by atoms with Crippen molar-refractivity contribution in [2.45, 2.75) is 104 Å². The molecule has 344 valence electrons. The molecule has 16 nitrogen and oxygen atoms in total. The molecule has 4 fully saturated rings. The van der Waals surface area contributed by atoms with Gasteiger partial charge in [0.1, 0.15) is 0 Å². The number of oxazole rings is 1. The third kappa shape index (κ3) is 12.2. The van der Waals surface area contributed by atoms with Crippen molar-refractivity contribution in [3.63, 3.8) is 0 Å². The highest BCUT2D eigenvalue weighted by molar-refractivity contribution is 5.91. The number of piperidine rings is 3. The Morgan fingerprint density at radius 3 is 2.30 bits per heavy atom. The van der Waals surface area contributed by atoms with Gasteiger partial charge in [-0.2, -0.15) is 0 Å². The average molecular weight is 874 g/mol. The van der Waals surface area contributed by atoms with Crippen molar-refractivity contribution in [1.82, 2.24) is 29.5 Å². The van der Waals surface area contributed by atoms with Crippen molar-refractivity contribution in [3.05, 3.63) is 63.6 Å². The number of esters is 1. The number of carbonyl (C=O) groups excluding carboxylic acids is 5. The fourth-order valence-electron chi connectivity index (χ4n) is 9.26. The minimum Gasteiger partial charge on any atom is -0.465 e. The van der Waals surface area contributed by atoms with E-state index < -0.39 is 18.0 Å². The van der Waals surface area contributed by atoms with Gasteiger partial charge in [0, 0.05) is 70.4 Å². The van der Waals surface area contributed by atoms with Crippen LogP contribution in [0, 0.1) is 18.8 Å². The van der Waals surface area contributed by atoms with Crippen molar-refractivity contribution in [3.8, 4) is 0 Å². The molecular formula is C47H67N7O9. The number of anilines is 1. The van der Waals surface area contributed by atoms with Gasteiger partial charge in [-0.1, -0.05) is 38.6 Å². The molecule has 16 heteroatoms. The van der Waals surface area contributed by atoms with E-state index in [-0.39, 0.29) is 49.6 Å². The molecule has 0 saturated carbocycles. The molecule has 3 aromatic rings. The average Bonchev–Trinajstić information content (AvgIpc) is 3.81. The summed E-state index contributed by atoms with van der Waals surface area (Å²) in [6, 6.07) is 11.4. The van der Waals surface area contributed by atoms with Gasteiger partial charge in [0.2, 0.25) is 5.91 Å². The van der Waals surface area contributed by atoms with Crippen molar-refractivity contribution in [1.29, 1.82) is 0 Å². The number of likely N-dealkylation sites (tertiary alicyclic amines) is 4. The van der Waals surface area contributed by atoms with Crippen LogP contribution in [0.2, 0.25) is 0 Å². The van der Waals surface area contributed by atoms with Gasteiger partial charge < -0.3 is 43.7 Å². The Labute approximate surface area is 370 Å². The van der Waals surface area contributed by atoms with Crippen LogP contribution in [0.25, 0.3) is 11.1 Å². The highest BCUT2D eigenvalue weighted by atomic mass is 16.6. The molecule has 0 radical (unpaired) electrons. The Bertz CT molecular complexity index is 2110. The van der Waals surface area contributed by atoms with E-state index in [0.29, 0.717) is 75.6 Å². The summed E-state index contributed by atoms with van der Waals surface area (Å²) >= 11 is 0. The summed E-state index contributed by atoms with van der Waals surface area (Å²) in [6.45, 7) is 10.8. The second-order valence-electron chi connectivity index (χ2n) is 17.7. The number of aryl methyl sites for hydroxylation is 1. The van der Waals surface area contributed by atoms with Gasteiger partial charge in [-0.3, -0.25) is 19.4 Å². The maximum atomic E-state index is 13.7. The summed E-state index contributed by atoms with van der Waals surface area (Å²) < 4.78 is 16.6. The summed E-state index contributed by atoms with van der Waals surface area (Å²) in [7, 11) is 2.08. The van der Waals surface area contributed by atoms with Crippen LogP contribution in [-0.4, -0.2) is 144 Å². The molecule has 6 heterocycles. The summed E-state index contributed by atoms with van der Waals surface area (Å²) in [5.41, 5.74) is 4.55. The maximum absolute atomic E-state index is 13.7. The lowest BCUT2D eigenvalue weighted by molar-refractivity contribution is -0.150. The second kappa shape index (κ2) is 21.8. The molecule has 5 aliphatic rings. The molecule has 0 spiro atoms. The Kier molecular flexibility index (Phi) is 16.3. The van der Waals surface area contributed by atoms with Crippen LogP contribution in [0.3, 0.4) is 0 Å². The Morgan fingerprint density at radius 2 is 1.59 bits per heavy atom. The fourth-order valence-corrected chi connectivity index (χ4v) is 9.26. The number of hydrogen-bond acceptors (Lipinski definition) is 10. The zero-order valence-corrected chi connectivity index (χ0v) is 36.5. The Morgan fingerprint density at radius 1 is 0.873 bits per heavy atom. The van der Waals surface area contributed by atoms with Gasteiger partial charge in [0.15, 0.2) is 11.7 Å². The standard InChI is InChI=1S/C32H39N5O6.C14H24N2O3.CH4/c1-20-7-12-35(13-8-20)29(38)27(19-22-17-21(2)28-26(18-22)42-31(40)34-28)43-32(41)36-14-10-24(11-15-36)37-16-9-23-5-3-4-6-25(23)33-30(37)39;1-15-9-5-12(6-10-15)14(18)19-11-3-8-16-7-2-4-13(16)17;/h3-6,17-18,20,24,27H,7-16,19H2,1-2H3,(H,33,39)(H,34,40);12H,2-11H2,1H3;1H4/t27-;;/m1../s1. The first-order valence-corrected chi connectivity index (χ1v) is 22.6. The first kappa shape index (κ1) is 47.1. The number of amides is 5. The SMILES string of the molecule is C.CN1CCC(C(=O)OCCCN2CCCC2=O)CC1.Cc1cc(C[C@@H](OC(=O)N2CCC(N3CCc4ccccc4NC3=O)CC2)C(=O)N2CCC(C)CC2)cc2oc(=O)[nH]c12. The van der Waals surface area contributed by atoms with Gasteiger partial charge in [-0.25, -0.2) is 14.4 Å². The maximum Gasteiger partial charge on any atom is 0.417 e. The number of hydrogen-bond donors (Lipinski definition) is 2. The van der Waals surface area contributed by atoms with Gasteiger partial charge in [-0.15, -0.1) is 0 Å². The van der Waals surface area contributed by atoms with Crippen LogP contribution < -0.4 is 11.1 Å². The molecule has 1 aromatic heterocycles. The third-order valence-electron chi connectivity index (χ3n) is 13.2. The van der Waals surface area contributed by atoms with E-state index in [0.717, 1.165) is 93.5 Å². The number of carbonyl (C=O) groups is 5. The zero-order valence-electron chi connectivity index (χ0n) is 36.5. The van der Waals surface area contributed by atoms with Crippen molar-refractivity contribution >= 4 is 46.7 Å². The second-order valence-corrected chi connectivity index (χ2v) is 17.7. The van der Waals surface area contributed by atoms with Gasteiger partial charge in [0.25, 0.3) is 5.91 Å². The topological polar surface area (TPSA) is 178 Å². The fraction of sp³-hybridized carbons (Fsp3) is 0.617. The molecule has 0 bridgehead atoms. The van der Waals surface area contributed by atoms with E-state index >= 15 is 0 Å². The number of urea groups is 1. The molecule has 63 heavy (non-hydrogen) atoms. The first-order chi connectivity index (χ1) is 29.9. The van der Waals surface area contributed by atoms with Crippen molar-refractivity contribution in [2.75, 3.05) is 77.9 Å². The molecular weight excluding hydrogens is 807 g/mol. The molecule has 0 aliphatic carbocycles. The normalized spacial score (nSPS) is 19.7. The van der Waals surface area contributed by atoms with Crippen LogP contribution in [-0.2, 0) is 36.7 Å². The predicted octanol–water partition coefficient (Wildman–Crippen LogP) is 5.81. The molecule has 2 aromatic carbocycles. The summed E-state index contributed by atoms with van der Waals surface area (Å²) in [4.78, 5) is 87.2. The monoisotopic (exact) mass is 874 g/mol. The van der Waals surface area contributed by atoms with E-state index in [2.05, 4.69) is 29.2 Å². The molecule has 8 rings (SSSR count). The minimum absolute atomic E-state index is 0. The first-order valence-electron chi connectivity index (χ1n) is 22.6. The van der Waals surface area contributed by atoms with Crippen LogP contribution in [0.15, 0.2) is 45.6 Å². The number of nitrogens with zero attached hydrogens (tertiary/aromatic N) is 5. The molecule has 1 atom stereocenters. The number of benzene rings is 2. The van der Waals surface area contributed by atoms with Gasteiger partial charge >= 0.3 is 23.8 Å². The minimum atomic E-state index is -1.00. The van der Waals surface area contributed by atoms with E-state index in [1.54, 1.807) is 15.9 Å². The van der Waals surface area contributed by atoms with Crippen molar-refractivity contribution < 1.29 is 37.9 Å². The molecule has 5 aliphatic heterocycles. The molecule has 4 saturated heterocycles. The highest BCUT2D eigenvalue weighted by Gasteiger charge is 2.35. The van der Waals surface area contributed by atoms with E-state index in [1.165, 1.54) is 0 Å². The molecule has 5 amide bonds. The van der Waals surface area contributed by atoms with E-state index in [4.69, 9.17) is 13.9 Å². The number of aromatic nitrogens is 1. The largest absolute Gasteiger partial charge is 0.465 e.